The molecule has 0 aliphatic carbocycles. The molecule has 0 unspecified atom stereocenters. The molecule has 7 nitrogen and oxygen atoms in total. The van der Waals surface area contributed by atoms with Crippen LogP contribution in [0.4, 0.5) is 11.6 Å². The number of carbonyl (C=O) groups excluding carboxylic acids is 1. The van der Waals surface area contributed by atoms with E-state index in [9.17, 15) is 4.79 Å². The molecular formula is C17H14N6O. The van der Waals surface area contributed by atoms with Crippen molar-refractivity contribution in [3.63, 3.8) is 0 Å². The number of hydrogen-bond acceptors (Lipinski definition) is 5. The molecule has 1 amide bonds. The maximum Gasteiger partial charge on any atom is 0.249 e. The number of nitrogens with two attached hydrogens (primary N) is 1. The van der Waals surface area contributed by atoms with Crippen LogP contribution in [0.15, 0.2) is 42.7 Å². The quantitative estimate of drug-likeness (QED) is 0.538. The monoisotopic (exact) mass is 318 g/mol. The highest BCUT2D eigenvalue weighted by Gasteiger charge is 2.10. The number of aromatic amines is 1. The van der Waals surface area contributed by atoms with Crippen LogP contribution in [-0.4, -0.2) is 26.1 Å². The number of aromatic nitrogens is 4. The van der Waals surface area contributed by atoms with Crippen LogP contribution in [-0.2, 0) is 0 Å². The molecular weight excluding hydrogens is 304 g/mol. The summed E-state index contributed by atoms with van der Waals surface area (Å²) < 4.78 is 0. The molecule has 4 aromatic rings. The lowest BCUT2D eigenvalue weighted by Crippen LogP contribution is -2.13. The van der Waals surface area contributed by atoms with Gasteiger partial charge >= 0.3 is 0 Å². The fraction of sp³-hybridized carbons (Fsp3) is 0.0588. The molecule has 0 aliphatic rings. The van der Waals surface area contributed by atoms with Crippen LogP contribution in [0, 0.1) is 6.92 Å². The number of primary amides is 1. The maximum atomic E-state index is 11.5. The lowest BCUT2D eigenvalue weighted by molar-refractivity contribution is 0.1000. The third-order valence-corrected chi connectivity index (χ3v) is 3.97. The average molecular weight is 318 g/mol. The number of amides is 1. The Bertz CT molecular complexity index is 1090. The van der Waals surface area contributed by atoms with Crippen LogP contribution < -0.4 is 11.1 Å². The minimum atomic E-state index is -0.466. The SMILES string of the molecule is Cc1c(C(N)=O)ccc2cnc(Nc3ccc4cn[nH]c4c3)nc12. The molecule has 0 spiro atoms. The first kappa shape index (κ1) is 14.1. The molecule has 7 heteroatoms. The predicted molar refractivity (Wildman–Crippen MR) is 92.2 cm³/mol. The molecule has 2 heterocycles. The van der Waals surface area contributed by atoms with Crippen molar-refractivity contribution in [1.29, 1.82) is 0 Å². The minimum absolute atomic E-state index is 0.450. The lowest BCUT2D eigenvalue weighted by atomic mass is 10.0. The van der Waals surface area contributed by atoms with Gasteiger partial charge in [-0.2, -0.15) is 5.10 Å². The van der Waals surface area contributed by atoms with Gasteiger partial charge in [0.25, 0.3) is 0 Å². The van der Waals surface area contributed by atoms with E-state index in [-0.39, 0.29) is 0 Å². The molecule has 2 aromatic carbocycles. The van der Waals surface area contributed by atoms with Crippen LogP contribution in [0.3, 0.4) is 0 Å². The summed E-state index contributed by atoms with van der Waals surface area (Å²) in [5.41, 5.74) is 9.08. The Balaban J connectivity index is 1.76. The van der Waals surface area contributed by atoms with Gasteiger partial charge in [0, 0.05) is 28.2 Å². The summed E-state index contributed by atoms with van der Waals surface area (Å²) >= 11 is 0. The number of H-pyrrole nitrogens is 1. The largest absolute Gasteiger partial charge is 0.366 e. The fourth-order valence-electron chi connectivity index (χ4n) is 2.71. The number of rotatable bonds is 3. The van der Waals surface area contributed by atoms with Crippen molar-refractivity contribution < 1.29 is 4.79 Å². The van der Waals surface area contributed by atoms with Crippen molar-refractivity contribution in [1.82, 2.24) is 20.2 Å². The maximum absolute atomic E-state index is 11.5. The highest BCUT2D eigenvalue weighted by atomic mass is 16.1. The summed E-state index contributed by atoms with van der Waals surface area (Å²) in [4.78, 5) is 20.3. The predicted octanol–water partition coefficient (Wildman–Crippen LogP) is 2.66. The number of nitrogens with one attached hydrogen (secondary N) is 2. The summed E-state index contributed by atoms with van der Waals surface area (Å²) in [5, 5.41) is 12.0. The Morgan fingerprint density at radius 3 is 2.83 bits per heavy atom. The molecule has 0 saturated heterocycles. The van der Waals surface area contributed by atoms with E-state index < -0.39 is 5.91 Å². The topological polar surface area (TPSA) is 110 Å². The number of fused-ring (bicyclic) bond motifs is 2. The molecule has 0 bridgehead atoms. The van der Waals surface area contributed by atoms with Crippen LogP contribution >= 0.6 is 0 Å². The summed E-state index contributed by atoms with van der Waals surface area (Å²) in [5.74, 6) is -0.0155. The van der Waals surface area contributed by atoms with Gasteiger partial charge in [0.15, 0.2) is 0 Å². The van der Waals surface area contributed by atoms with Crippen molar-refractivity contribution in [2.45, 2.75) is 6.92 Å². The second-order valence-electron chi connectivity index (χ2n) is 5.53. The molecule has 24 heavy (non-hydrogen) atoms. The Morgan fingerprint density at radius 1 is 1.17 bits per heavy atom. The van der Waals surface area contributed by atoms with Crippen LogP contribution in [0.1, 0.15) is 15.9 Å². The third kappa shape index (κ3) is 2.32. The highest BCUT2D eigenvalue weighted by molar-refractivity contribution is 5.99. The van der Waals surface area contributed by atoms with Crippen molar-refractivity contribution in [2.24, 2.45) is 5.73 Å². The van der Waals surface area contributed by atoms with E-state index in [2.05, 4.69) is 25.5 Å². The summed E-state index contributed by atoms with van der Waals surface area (Å²) in [6.45, 7) is 1.83. The number of aryl methyl sites for hydroxylation is 1. The van der Waals surface area contributed by atoms with Crippen molar-refractivity contribution >= 4 is 39.3 Å². The molecule has 2 aromatic heterocycles. The first-order valence-corrected chi connectivity index (χ1v) is 7.38. The van der Waals surface area contributed by atoms with E-state index in [0.29, 0.717) is 17.0 Å². The second-order valence-corrected chi connectivity index (χ2v) is 5.53. The van der Waals surface area contributed by atoms with Crippen LogP contribution in [0.5, 0.6) is 0 Å². The molecule has 0 saturated carbocycles. The van der Waals surface area contributed by atoms with Gasteiger partial charge in [0.05, 0.1) is 17.2 Å². The zero-order valence-electron chi connectivity index (χ0n) is 12.9. The lowest BCUT2D eigenvalue weighted by Gasteiger charge is -2.09. The summed E-state index contributed by atoms with van der Waals surface area (Å²) in [6, 6.07) is 9.31. The first-order valence-electron chi connectivity index (χ1n) is 7.38. The van der Waals surface area contributed by atoms with Gasteiger partial charge in [-0.05, 0) is 36.8 Å². The number of hydrogen-bond donors (Lipinski definition) is 3. The van der Waals surface area contributed by atoms with Crippen molar-refractivity contribution in [3.05, 3.63) is 53.9 Å². The van der Waals surface area contributed by atoms with E-state index in [0.717, 1.165) is 27.5 Å². The molecule has 0 radical (unpaired) electrons. The van der Waals surface area contributed by atoms with E-state index in [1.807, 2.05) is 25.1 Å². The van der Waals surface area contributed by atoms with E-state index in [1.165, 1.54) is 0 Å². The van der Waals surface area contributed by atoms with Gasteiger partial charge in [-0.1, -0.05) is 6.07 Å². The van der Waals surface area contributed by atoms with Crippen LogP contribution in [0.2, 0.25) is 0 Å². The van der Waals surface area contributed by atoms with Gasteiger partial charge in [-0.3, -0.25) is 9.89 Å². The molecule has 0 fully saturated rings. The summed E-state index contributed by atoms with van der Waals surface area (Å²) in [6.07, 6.45) is 3.48. The van der Waals surface area contributed by atoms with Crippen LogP contribution in [0.25, 0.3) is 21.8 Å². The van der Waals surface area contributed by atoms with E-state index in [1.54, 1.807) is 24.5 Å². The smallest absolute Gasteiger partial charge is 0.249 e. The Morgan fingerprint density at radius 2 is 2.00 bits per heavy atom. The van der Waals surface area contributed by atoms with Gasteiger partial charge in [0.1, 0.15) is 0 Å². The van der Waals surface area contributed by atoms with Gasteiger partial charge < -0.3 is 11.1 Å². The third-order valence-electron chi connectivity index (χ3n) is 3.97. The van der Waals surface area contributed by atoms with Gasteiger partial charge in [-0.15, -0.1) is 0 Å². The average Bonchev–Trinajstić information content (AvgIpc) is 3.03. The van der Waals surface area contributed by atoms with E-state index >= 15 is 0 Å². The minimum Gasteiger partial charge on any atom is -0.366 e. The Hall–Kier alpha value is -3.48. The van der Waals surface area contributed by atoms with Crippen molar-refractivity contribution in [3.8, 4) is 0 Å². The van der Waals surface area contributed by atoms with Crippen molar-refractivity contribution in [2.75, 3.05) is 5.32 Å². The highest BCUT2D eigenvalue weighted by Crippen LogP contribution is 2.23. The molecule has 4 rings (SSSR count). The first-order chi connectivity index (χ1) is 11.6. The second kappa shape index (κ2) is 5.31. The number of anilines is 2. The Labute approximate surface area is 136 Å². The number of carbonyl (C=O) groups is 1. The normalized spacial score (nSPS) is 11.0. The number of nitrogens with zero attached hydrogens (tertiary/aromatic N) is 3. The fourth-order valence-corrected chi connectivity index (χ4v) is 2.71. The zero-order valence-corrected chi connectivity index (χ0v) is 12.9. The molecule has 0 aliphatic heterocycles. The standard InChI is InChI=1S/C17H14N6O/c1-9-13(16(18)24)5-3-11-7-19-17(22-15(9)11)21-12-4-2-10-8-20-23-14(10)6-12/h2-8H,1H3,(H2,18,24)(H,20,23)(H,19,21,22). The molecule has 4 N–H and O–H groups in total. The van der Waals surface area contributed by atoms with E-state index in [4.69, 9.17) is 5.73 Å². The summed E-state index contributed by atoms with van der Waals surface area (Å²) in [7, 11) is 0. The van der Waals surface area contributed by atoms with Gasteiger partial charge in [0.2, 0.25) is 11.9 Å². The Kier molecular flexibility index (Phi) is 3.13. The molecule has 118 valence electrons. The zero-order chi connectivity index (χ0) is 16.7. The van der Waals surface area contributed by atoms with Gasteiger partial charge in [-0.25, -0.2) is 9.97 Å². The molecule has 0 atom stereocenters. The number of benzene rings is 2.